The van der Waals surface area contributed by atoms with Crippen LogP contribution in [-0.4, -0.2) is 10.9 Å². The highest BCUT2D eigenvalue weighted by molar-refractivity contribution is 5.95. The molecule has 0 spiro atoms. The molecule has 0 aliphatic carbocycles. The Kier molecular flexibility index (Phi) is 3.09. The number of nitrogen functional groups attached to an aromatic ring is 1. The first-order valence-electron chi connectivity index (χ1n) is 5.05. The van der Waals surface area contributed by atoms with Crippen LogP contribution in [-0.2, 0) is 0 Å². The molecule has 1 amide bonds. The number of primary amides is 1. The van der Waals surface area contributed by atoms with Crippen molar-refractivity contribution in [1.82, 2.24) is 4.98 Å². The molecule has 1 aromatic heterocycles. The number of benzene rings is 1. The minimum absolute atomic E-state index is 0.0125. The number of rotatable bonds is 3. The Labute approximate surface area is 102 Å². The lowest BCUT2D eigenvalue weighted by Crippen LogP contribution is -2.12. The van der Waals surface area contributed by atoms with Gasteiger partial charge in [-0.15, -0.1) is 0 Å². The zero-order valence-electron chi connectivity index (χ0n) is 9.26. The van der Waals surface area contributed by atoms with Crippen LogP contribution in [0.4, 0.5) is 10.1 Å². The summed E-state index contributed by atoms with van der Waals surface area (Å²) in [7, 11) is 0. The van der Waals surface area contributed by atoms with E-state index in [1.54, 1.807) is 6.07 Å². The van der Waals surface area contributed by atoms with Gasteiger partial charge in [0, 0.05) is 12.3 Å². The van der Waals surface area contributed by atoms with E-state index in [4.69, 9.17) is 16.2 Å². The van der Waals surface area contributed by atoms with Crippen molar-refractivity contribution in [3.63, 3.8) is 0 Å². The van der Waals surface area contributed by atoms with Crippen LogP contribution in [0.3, 0.4) is 0 Å². The highest BCUT2D eigenvalue weighted by Crippen LogP contribution is 2.25. The molecule has 0 fully saturated rings. The summed E-state index contributed by atoms with van der Waals surface area (Å²) in [5.74, 6) is -1.07. The maximum absolute atomic E-state index is 13.2. The van der Waals surface area contributed by atoms with Crippen LogP contribution in [0.1, 0.15) is 10.4 Å². The Hall–Kier alpha value is -2.63. The van der Waals surface area contributed by atoms with Crippen LogP contribution >= 0.6 is 0 Å². The van der Waals surface area contributed by atoms with Gasteiger partial charge in [0.2, 0.25) is 5.88 Å². The fraction of sp³-hybridized carbons (Fsp3) is 0. The second kappa shape index (κ2) is 4.70. The van der Waals surface area contributed by atoms with Crippen molar-refractivity contribution in [2.75, 3.05) is 5.73 Å². The van der Waals surface area contributed by atoms with Gasteiger partial charge >= 0.3 is 0 Å². The first-order chi connectivity index (χ1) is 8.58. The smallest absolute Gasteiger partial charge is 0.254 e. The summed E-state index contributed by atoms with van der Waals surface area (Å²) < 4.78 is 18.5. The number of hydrogen-bond acceptors (Lipinski definition) is 4. The standard InChI is InChI=1S/C12H10FN3O2/c13-9-6-7(3-4-10(9)14)18-12-8(11(15)17)2-1-5-16-12/h1-6H,14H2,(H2,15,17). The van der Waals surface area contributed by atoms with Crippen molar-refractivity contribution in [3.05, 3.63) is 47.9 Å². The number of carbonyl (C=O) groups excluding carboxylic acids is 1. The summed E-state index contributed by atoms with van der Waals surface area (Å²) in [6, 6.07) is 6.96. The summed E-state index contributed by atoms with van der Waals surface area (Å²) in [5, 5.41) is 0. The molecule has 4 N–H and O–H groups in total. The Morgan fingerprint density at radius 3 is 2.78 bits per heavy atom. The van der Waals surface area contributed by atoms with Gasteiger partial charge in [-0.05, 0) is 24.3 Å². The van der Waals surface area contributed by atoms with Gasteiger partial charge in [-0.2, -0.15) is 0 Å². The highest BCUT2D eigenvalue weighted by atomic mass is 19.1. The molecular weight excluding hydrogens is 237 g/mol. The topological polar surface area (TPSA) is 91.2 Å². The Bertz CT molecular complexity index is 602. The minimum Gasteiger partial charge on any atom is -0.438 e. The van der Waals surface area contributed by atoms with Crippen molar-refractivity contribution in [2.45, 2.75) is 0 Å². The quantitative estimate of drug-likeness (QED) is 0.807. The third kappa shape index (κ3) is 2.37. The molecule has 0 saturated carbocycles. The maximum Gasteiger partial charge on any atom is 0.254 e. The third-order valence-corrected chi connectivity index (χ3v) is 2.22. The highest BCUT2D eigenvalue weighted by Gasteiger charge is 2.11. The average Bonchev–Trinajstić information content (AvgIpc) is 2.34. The number of nitrogens with two attached hydrogens (primary N) is 2. The summed E-state index contributed by atoms with van der Waals surface area (Å²) in [6.07, 6.45) is 1.44. The van der Waals surface area contributed by atoms with E-state index in [0.29, 0.717) is 0 Å². The van der Waals surface area contributed by atoms with Crippen LogP contribution < -0.4 is 16.2 Å². The summed E-state index contributed by atoms with van der Waals surface area (Å²) in [4.78, 5) is 15.0. The Morgan fingerprint density at radius 1 is 1.33 bits per heavy atom. The number of halogens is 1. The number of hydrogen-bond donors (Lipinski definition) is 2. The van der Waals surface area contributed by atoms with Gasteiger partial charge in [0.15, 0.2) is 0 Å². The van der Waals surface area contributed by atoms with E-state index in [9.17, 15) is 9.18 Å². The van der Waals surface area contributed by atoms with Crippen molar-refractivity contribution >= 4 is 11.6 Å². The van der Waals surface area contributed by atoms with Crippen LogP contribution in [0.25, 0.3) is 0 Å². The molecule has 0 radical (unpaired) electrons. The van der Waals surface area contributed by atoms with Gasteiger partial charge in [-0.25, -0.2) is 9.37 Å². The van der Waals surface area contributed by atoms with Crippen molar-refractivity contribution in [1.29, 1.82) is 0 Å². The molecule has 1 aromatic carbocycles. The molecule has 18 heavy (non-hydrogen) atoms. The fourth-order valence-corrected chi connectivity index (χ4v) is 1.34. The van der Waals surface area contributed by atoms with E-state index in [1.165, 1.54) is 24.4 Å². The number of ether oxygens (including phenoxy) is 1. The molecule has 2 rings (SSSR count). The predicted molar refractivity (Wildman–Crippen MR) is 63.6 cm³/mol. The van der Waals surface area contributed by atoms with Gasteiger partial charge < -0.3 is 16.2 Å². The minimum atomic E-state index is -0.672. The van der Waals surface area contributed by atoms with E-state index in [-0.39, 0.29) is 22.9 Å². The summed E-state index contributed by atoms with van der Waals surface area (Å²) in [5.41, 5.74) is 10.6. The molecule has 5 nitrogen and oxygen atoms in total. The van der Waals surface area contributed by atoms with E-state index in [0.717, 1.165) is 6.07 Å². The van der Waals surface area contributed by atoms with Gasteiger partial charge in [-0.1, -0.05) is 0 Å². The number of nitrogens with zero attached hydrogens (tertiary/aromatic N) is 1. The molecular formula is C12H10FN3O2. The van der Waals surface area contributed by atoms with Crippen LogP contribution in [0, 0.1) is 5.82 Å². The van der Waals surface area contributed by atoms with Crippen LogP contribution in [0.15, 0.2) is 36.5 Å². The average molecular weight is 247 g/mol. The summed E-state index contributed by atoms with van der Waals surface area (Å²) in [6.45, 7) is 0. The number of amides is 1. The number of anilines is 1. The molecule has 0 bridgehead atoms. The Balaban J connectivity index is 2.34. The monoisotopic (exact) mass is 247 g/mol. The van der Waals surface area contributed by atoms with Gasteiger partial charge in [0.05, 0.1) is 5.69 Å². The molecule has 0 atom stereocenters. The molecule has 1 heterocycles. The number of pyridine rings is 1. The van der Waals surface area contributed by atoms with Gasteiger partial charge in [-0.3, -0.25) is 4.79 Å². The number of carbonyl (C=O) groups is 1. The van der Waals surface area contributed by atoms with Crippen molar-refractivity contribution in [3.8, 4) is 11.6 Å². The van der Waals surface area contributed by atoms with E-state index in [1.807, 2.05) is 0 Å². The molecule has 2 aromatic rings. The maximum atomic E-state index is 13.2. The molecule has 6 heteroatoms. The second-order valence-corrected chi connectivity index (χ2v) is 3.51. The largest absolute Gasteiger partial charge is 0.438 e. The molecule has 0 saturated heterocycles. The SMILES string of the molecule is NC(=O)c1cccnc1Oc1ccc(N)c(F)c1. The Morgan fingerprint density at radius 2 is 2.11 bits per heavy atom. The predicted octanol–water partition coefficient (Wildman–Crippen LogP) is 1.69. The van der Waals surface area contributed by atoms with E-state index in [2.05, 4.69) is 4.98 Å². The van der Waals surface area contributed by atoms with Gasteiger partial charge in [0.1, 0.15) is 17.1 Å². The second-order valence-electron chi connectivity index (χ2n) is 3.51. The third-order valence-electron chi connectivity index (χ3n) is 2.22. The molecule has 0 unspecified atom stereocenters. The van der Waals surface area contributed by atoms with Crippen LogP contribution in [0.5, 0.6) is 11.6 Å². The van der Waals surface area contributed by atoms with Crippen LogP contribution in [0.2, 0.25) is 0 Å². The molecule has 92 valence electrons. The lowest BCUT2D eigenvalue weighted by molar-refractivity contribution is 0.0997. The number of aromatic nitrogens is 1. The van der Waals surface area contributed by atoms with Crippen molar-refractivity contribution in [2.24, 2.45) is 5.73 Å². The zero-order valence-corrected chi connectivity index (χ0v) is 9.26. The molecule has 0 aliphatic heterocycles. The first kappa shape index (κ1) is 11.8. The van der Waals surface area contributed by atoms with E-state index < -0.39 is 11.7 Å². The first-order valence-corrected chi connectivity index (χ1v) is 5.05. The van der Waals surface area contributed by atoms with Crippen molar-refractivity contribution < 1.29 is 13.9 Å². The molecule has 0 aliphatic rings. The van der Waals surface area contributed by atoms with Gasteiger partial charge in [0.25, 0.3) is 5.91 Å². The lowest BCUT2D eigenvalue weighted by Gasteiger charge is -2.08. The lowest BCUT2D eigenvalue weighted by atomic mass is 10.2. The van der Waals surface area contributed by atoms with E-state index >= 15 is 0 Å². The fourth-order valence-electron chi connectivity index (χ4n) is 1.34. The normalized spacial score (nSPS) is 10.1. The summed E-state index contributed by atoms with van der Waals surface area (Å²) >= 11 is 0. The zero-order chi connectivity index (χ0) is 13.1.